The highest BCUT2D eigenvalue weighted by atomic mass is 16.5. The van der Waals surface area contributed by atoms with Crippen molar-refractivity contribution in [3.63, 3.8) is 0 Å². The van der Waals surface area contributed by atoms with Crippen molar-refractivity contribution in [1.82, 2.24) is 9.47 Å². The molecule has 2 heterocycles. The average Bonchev–Trinajstić information content (AvgIpc) is 2.97. The monoisotopic (exact) mass is 342 g/mol. The van der Waals surface area contributed by atoms with E-state index >= 15 is 0 Å². The molecular weight excluding hydrogens is 316 g/mol. The van der Waals surface area contributed by atoms with E-state index in [0.717, 1.165) is 42.4 Å². The van der Waals surface area contributed by atoms with E-state index in [1.165, 1.54) is 0 Å². The van der Waals surface area contributed by atoms with Crippen molar-refractivity contribution in [3.8, 4) is 0 Å². The van der Waals surface area contributed by atoms with Crippen LogP contribution < -0.4 is 0 Å². The van der Waals surface area contributed by atoms with Gasteiger partial charge in [0.05, 0.1) is 6.10 Å². The van der Waals surface area contributed by atoms with E-state index in [1.807, 2.05) is 30.2 Å². The fraction of sp³-hybridized carbons (Fsp3) is 0.450. The number of likely N-dealkylation sites (tertiary alicyclic amines) is 1. The fourth-order valence-corrected chi connectivity index (χ4v) is 3.33. The molecule has 134 valence electrons. The number of piperidine rings is 1. The Hall–Kier alpha value is -2.11. The molecule has 0 spiro atoms. The van der Waals surface area contributed by atoms with Crippen LogP contribution in [0.15, 0.2) is 36.5 Å². The third-order valence-corrected chi connectivity index (χ3v) is 4.74. The van der Waals surface area contributed by atoms with Gasteiger partial charge in [-0.1, -0.05) is 18.2 Å². The summed E-state index contributed by atoms with van der Waals surface area (Å²) >= 11 is 0. The summed E-state index contributed by atoms with van der Waals surface area (Å²) in [5, 5.41) is 9.95. The van der Waals surface area contributed by atoms with Gasteiger partial charge in [0.15, 0.2) is 0 Å². The number of hydrogen-bond donors (Lipinski definition) is 1. The number of rotatable bonds is 6. The van der Waals surface area contributed by atoms with Gasteiger partial charge in [0.25, 0.3) is 0 Å². The van der Waals surface area contributed by atoms with Crippen molar-refractivity contribution in [1.29, 1.82) is 0 Å². The molecule has 1 aliphatic rings. The molecule has 1 aliphatic heterocycles. The Morgan fingerprint density at radius 3 is 2.84 bits per heavy atom. The first kappa shape index (κ1) is 17.7. The summed E-state index contributed by atoms with van der Waals surface area (Å²) in [6.45, 7) is 2.21. The standard InChI is InChI=1S/C20H26N2O3/c1-21-15-16(18-5-2-3-6-19(18)21)7-8-20(24)22-11-9-17(10-12-22)25-14-4-13-23/h2-3,5-8,15,17,23H,4,9-14H2,1H3/b8-7+. The van der Waals surface area contributed by atoms with Gasteiger partial charge in [-0.05, 0) is 31.4 Å². The second kappa shape index (κ2) is 8.32. The van der Waals surface area contributed by atoms with Gasteiger partial charge in [0, 0.05) is 62.1 Å². The lowest BCUT2D eigenvalue weighted by molar-refractivity contribution is -0.128. The Labute approximate surface area is 148 Å². The molecule has 1 N–H and O–H groups in total. The normalized spacial score (nSPS) is 16.2. The molecule has 0 unspecified atom stereocenters. The largest absolute Gasteiger partial charge is 0.396 e. The van der Waals surface area contributed by atoms with Crippen LogP contribution in [0.3, 0.4) is 0 Å². The summed E-state index contributed by atoms with van der Waals surface area (Å²) in [4.78, 5) is 14.3. The fourth-order valence-electron chi connectivity index (χ4n) is 3.33. The number of aliphatic hydroxyl groups excluding tert-OH is 1. The van der Waals surface area contributed by atoms with Crippen molar-refractivity contribution in [2.45, 2.75) is 25.4 Å². The predicted molar refractivity (Wildman–Crippen MR) is 99.2 cm³/mol. The minimum Gasteiger partial charge on any atom is -0.396 e. The van der Waals surface area contributed by atoms with Gasteiger partial charge in [0.1, 0.15) is 0 Å². The zero-order valence-electron chi connectivity index (χ0n) is 14.7. The molecule has 0 saturated carbocycles. The third-order valence-electron chi connectivity index (χ3n) is 4.74. The zero-order chi connectivity index (χ0) is 17.6. The van der Waals surface area contributed by atoms with Gasteiger partial charge >= 0.3 is 0 Å². The lowest BCUT2D eigenvalue weighted by Gasteiger charge is -2.31. The van der Waals surface area contributed by atoms with E-state index in [2.05, 4.69) is 22.9 Å². The summed E-state index contributed by atoms with van der Waals surface area (Å²) in [5.41, 5.74) is 2.23. The maximum absolute atomic E-state index is 12.4. The van der Waals surface area contributed by atoms with Crippen LogP contribution in [-0.2, 0) is 16.6 Å². The SMILES string of the molecule is Cn1cc(/C=C/C(=O)N2CCC(OCCCO)CC2)c2ccccc21. The number of benzene rings is 1. The number of carbonyl (C=O) groups is 1. The van der Waals surface area contributed by atoms with Crippen LogP contribution in [0.4, 0.5) is 0 Å². The number of hydrogen-bond acceptors (Lipinski definition) is 3. The minimum absolute atomic E-state index is 0.0572. The molecule has 0 bridgehead atoms. The summed E-state index contributed by atoms with van der Waals surface area (Å²) in [6.07, 6.45) is 8.24. The zero-order valence-corrected chi connectivity index (χ0v) is 14.7. The van der Waals surface area contributed by atoms with E-state index in [-0.39, 0.29) is 18.6 Å². The van der Waals surface area contributed by atoms with Gasteiger partial charge in [-0.25, -0.2) is 0 Å². The number of ether oxygens (including phenoxy) is 1. The van der Waals surface area contributed by atoms with Gasteiger partial charge in [-0.2, -0.15) is 0 Å². The van der Waals surface area contributed by atoms with E-state index < -0.39 is 0 Å². The number of amides is 1. The van der Waals surface area contributed by atoms with E-state index in [9.17, 15) is 4.79 Å². The maximum Gasteiger partial charge on any atom is 0.246 e. The molecular formula is C20H26N2O3. The topological polar surface area (TPSA) is 54.7 Å². The maximum atomic E-state index is 12.4. The minimum atomic E-state index is 0.0572. The highest BCUT2D eigenvalue weighted by Crippen LogP contribution is 2.22. The third kappa shape index (κ3) is 4.30. The predicted octanol–water partition coefficient (Wildman–Crippen LogP) is 2.58. The van der Waals surface area contributed by atoms with Crippen LogP contribution in [-0.4, -0.2) is 52.9 Å². The number of aliphatic hydroxyl groups is 1. The summed E-state index contributed by atoms with van der Waals surface area (Å²) in [5.74, 6) is 0.0572. The van der Waals surface area contributed by atoms with Crippen LogP contribution in [0.25, 0.3) is 17.0 Å². The quantitative estimate of drug-likeness (QED) is 0.648. The summed E-state index contributed by atoms with van der Waals surface area (Å²) < 4.78 is 7.79. The lowest BCUT2D eigenvalue weighted by Crippen LogP contribution is -2.40. The van der Waals surface area contributed by atoms with Crippen molar-refractivity contribution >= 4 is 22.9 Å². The van der Waals surface area contributed by atoms with Gasteiger partial charge < -0.3 is 19.3 Å². The number of aryl methyl sites for hydroxylation is 1. The van der Waals surface area contributed by atoms with Crippen molar-refractivity contribution in [3.05, 3.63) is 42.1 Å². The molecule has 1 aromatic heterocycles. The molecule has 0 radical (unpaired) electrons. The lowest BCUT2D eigenvalue weighted by atomic mass is 10.1. The molecule has 1 fully saturated rings. The molecule has 2 aromatic rings. The number of aromatic nitrogens is 1. The average molecular weight is 342 g/mol. The number of carbonyl (C=O) groups excluding carboxylic acids is 1. The number of nitrogens with zero attached hydrogens (tertiary/aromatic N) is 2. The highest BCUT2D eigenvalue weighted by Gasteiger charge is 2.21. The van der Waals surface area contributed by atoms with Crippen LogP contribution in [0.2, 0.25) is 0 Å². The molecule has 5 heteroatoms. The van der Waals surface area contributed by atoms with Crippen molar-refractivity contribution in [2.24, 2.45) is 7.05 Å². The second-order valence-corrected chi connectivity index (χ2v) is 6.52. The molecule has 25 heavy (non-hydrogen) atoms. The smallest absolute Gasteiger partial charge is 0.246 e. The highest BCUT2D eigenvalue weighted by molar-refractivity contribution is 5.96. The molecule has 1 aromatic carbocycles. The van der Waals surface area contributed by atoms with Crippen LogP contribution >= 0.6 is 0 Å². The Morgan fingerprint density at radius 2 is 2.08 bits per heavy atom. The second-order valence-electron chi connectivity index (χ2n) is 6.52. The van der Waals surface area contributed by atoms with Gasteiger partial charge in [-0.3, -0.25) is 4.79 Å². The summed E-state index contributed by atoms with van der Waals surface area (Å²) in [7, 11) is 2.02. The Balaban J connectivity index is 1.56. The number of para-hydroxylation sites is 1. The summed E-state index contributed by atoms with van der Waals surface area (Å²) in [6, 6.07) is 8.20. The number of fused-ring (bicyclic) bond motifs is 1. The molecule has 0 atom stereocenters. The Bertz CT molecular complexity index is 742. The van der Waals surface area contributed by atoms with Gasteiger partial charge in [-0.15, -0.1) is 0 Å². The first-order valence-electron chi connectivity index (χ1n) is 8.92. The van der Waals surface area contributed by atoms with Crippen molar-refractivity contribution < 1.29 is 14.6 Å². The van der Waals surface area contributed by atoms with E-state index in [1.54, 1.807) is 6.08 Å². The molecule has 1 saturated heterocycles. The molecule has 1 amide bonds. The van der Waals surface area contributed by atoms with Crippen molar-refractivity contribution in [2.75, 3.05) is 26.3 Å². The van der Waals surface area contributed by atoms with Gasteiger partial charge in [0.2, 0.25) is 5.91 Å². The molecule has 5 nitrogen and oxygen atoms in total. The van der Waals surface area contributed by atoms with E-state index in [0.29, 0.717) is 13.0 Å². The first-order chi connectivity index (χ1) is 12.2. The van der Waals surface area contributed by atoms with Crippen LogP contribution in [0.5, 0.6) is 0 Å². The van der Waals surface area contributed by atoms with Crippen LogP contribution in [0, 0.1) is 0 Å². The molecule has 0 aliphatic carbocycles. The Kier molecular flexibility index (Phi) is 5.89. The Morgan fingerprint density at radius 1 is 1.32 bits per heavy atom. The molecule has 3 rings (SSSR count). The first-order valence-corrected chi connectivity index (χ1v) is 8.92. The van der Waals surface area contributed by atoms with E-state index in [4.69, 9.17) is 9.84 Å². The van der Waals surface area contributed by atoms with Crippen LogP contribution in [0.1, 0.15) is 24.8 Å².